The lowest BCUT2D eigenvalue weighted by molar-refractivity contribution is -0.114. The number of rotatable bonds is 8. The highest BCUT2D eigenvalue weighted by Crippen LogP contribution is 2.34. The summed E-state index contributed by atoms with van der Waals surface area (Å²) in [5, 5.41) is 3.37. The molecular formula is C24H24Cl2N2O5S. The molecule has 0 aliphatic heterocycles. The number of halogens is 2. The van der Waals surface area contributed by atoms with Crippen molar-refractivity contribution in [2.24, 2.45) is 0 Å². The van der Waals surface area contributed by atoms with Crippen molar-refractivity contribution in [1.82, 2.24) is 0 Å². The highest BCUT2D eigenvalue weighted by Gasteiger charge is 2.31. The van der Waals surface area contributed by atoms with Crippen LogP contribution in [-0.2, 0) is 14.8 Å². The van der Waals surface area contributed by atoms with Crippen LogP contribution >= 0.6 is 23.2 Å². The molecule has 0 heterocycles. The van der Waals surface area contributed by atoms with E-state index in [0.29, 0.717) is 22.0 Å². The van der Waals surface area contributed by atoms with Gasteiger partial charge in [-0.3, -0.25) is 9.10 Å². The second-order valence-electron chi connectivity index (χ2n) is 7.49. The SMILES string of the molecule is COc1ccc(N(CC(=O)Nc2cc(Cl)ccc2C)S(=O)(=O)c2cc(C)ccc2OC)cc1Cl. The first-order chi connectivity index (χ1) is 16.1. The number of nitrogens with zero attached hydrogens (tertiary/aromatic N) is 1. The fourth-order valence-electron chi connectivity index (χ4n) is 3.28. The number of nitrogens with one attached hydrogen (secondary N) is 1. The smallest absolute Gasteiger partial charge is 0.268 e. The summed E-state index contributed by atoms with van der Waals surface area (Å²) in [5.74, 6) is -0.0382. The molecule has 3 aromatic rings. The monoisotopic (exact) mass is 522 g/mol. The molecule has 0 atom stereocenters. The normalized spacial score (nSPS) is 11.1. The van der Waals surface area contributed by atoms with Gasteiger partial charge in [-0.2, -0.15) is 0 Å². The molecule has 1 amide bonds. The van der Waals surface area contributed by atoms with Crippen LogP contribution in [0.1, 0.15) is 11.1 Å². The van der Waals surface area contributed by atoms with Gasteiger partial charge < -0.3 is 14.8 Å². The molecule has 7 nitrogen and oxygen atoms in total. The van der Waals surface area contributed by atoms with E-state index in [9.17, 15) is 13.2 Å². The van der Waals surface area contributed by atoms with Gasteiger partial charge in [0, 0.05) is 10.7 Å². The Kier molecular flexibility index (Phi) is 7.97. The summed E-state index contributed by atoms with van der Waals surface area (Å²) in [4.78, 5) is 12.9. The fraction of sp³-hybridized carbons (Fsp3) is 0.208. The molecule has 180 valence electrons. The first-order valence-electron chi connectivity index (χ1n) is 10.1. The molecule has 0 fully saturated rings. The minimum atomic E-state index is -4.24. The van der Waals surface area contributed by atoms with Crippen molar-refractivity contribution in [3.63, 3.8) is 0 Å². The fourth-order valence-corrected chi connectivity index (χ4v) is 5.36. The molecule has 10 heteroatoms. The zero-order valence-corrected chi connectivity index (χ0v) is 21.4. The Labute approximate surface area is 209 Å². The van der Waals surface area contributed by atoms with Crippen molar-refractivity contribution in [2.45, 2.75) is 18.7 Å². The maximum Gasteiger partial charge on any atom is 0.268 e. The molecule has 0 saturated carbocycles. The van der Waals surface area contributed by atoms with E-state index in [-0.39, 0.29) is 21.4 Å². The summed E-state index contributed by atoms with van der Waals surface area (Å²) >= 11 is 12.3. The van der Waals surface area contributed by atoms with Crippen LogP contribution in [0.25, 0.3) is 0 Å². The Morgan fingerprint density at radius 2 is 1.62 bits per heavy atom. The number of hydrogen-bond acceptors (Lipinski definition) is 5. The summed E-state index contributed by atoms with van der Waals surface area (Å²) in [6, 6.07) is 14.3. The van der Waals surface area contributed by atoms with E-state index in [1.54, 1.807) is 44.2 Å². The molecular weight excluding hydrogens is 499 g/mol. The number of benzene rings is 3. The zero-order valence-electron chi connectivity index (χ0n) is 19.1. The van der Waals surface area contributed by atoms with Crippen LogP contribution in [0, 0.1) is 13.8 Å². The van der Waals surface area contributed by atoms with Crippen molar-refractivity contribution < 1.29 is 22.7 Å². The van der Waals surface area contributed by atoms with Crippen LogP contribution in [0.5, 0.6) is 11.5 Å². The molecule has 0 aliphatic carbocycles. The molecule has 0 spiro atoms. The number of amides is 1. The van der Waals surface area contributed by atoms with E-state index in [1.165, 1.54) is 38.5 Å². The van der Waals surface area contributed by atoms with Crippen LogP contribution < -0.4 is 19.1 Å². The Morgan fingerprint density at radius 3 is 2.26 bits per heavy atom. The second kappa shape index (κ2) is 10.5. The van der Waals surface area contributed by atoms with Crippen molar-refractivity contribution in [2.75, 3.05) is 30.4 Å². The van der Waals surface area contributed by atoms with Gasteiger partial charge in [0.1, 0.15) is 22.9 Å². The summed E-state index contributed by atoms with van der Waals surface area (Å²) in [5.41, 5.74) is 2.16. The highest BCUT2D eigenvalue weighted by molar-refractivity contribution is 7.93. The van der Waals surface area contributed by atoms with E-state index in [4.69, 9.17) is 32.7 Å². The third-order valence-corrected chi connectivity index (χ3v) is 7.40. The highest BCUT2D eigenvalue weighted by atomic mass is 35.5. The van der Waals surface area contributed by atoms with E-state index >= 15 is 0 Å². The lowest BCUT2D eigenvalue weighted by Gasteiger charge is -2.25. The Morgan fingerprint density at radius 1 is 0.941 bits per heavy atom. The number of carbonyl (C=O) groups is 1. The molecule has 0 bridgehead atoms. The first kappa shape index (κ1) is 25.7. The average Bonchev–Trinajstić information content (AvgIpc) is 2.79. The third kappa shape index (κ3) is 5.58. The van der Waals surface area contributed by atoms with Gasteiger partial charge in [-0.25, -0.2) is 8.42 Å². The van der Waals surface area contributed by atoms with Crippen molar-refractivity contribution in [1.29, 1.82) is 0 Å². The van der Waals surface area contributed by atoms with Gasteiger partial charge in [-0.05, 0) is 67.4 Å². The number of anilines is 2. The van der Waals surface area contributed by atoms with Crippen molar-refractivity contribution in [3.8, 4) is 11.5 Å². The minimum Gasteiger partial charge on any atom is -0.495 e. The molecule has 0 saturated heterocycles. The van der Waals surface area contributed by atoms with Gasteiger partial charge in [0.2, 0.25) is 5.91 Å². The van der Waals surface area contributed by atoms with Gasteiger partial charge in [-0.1, -0.05) is 35.3 Å². The lowest BCUT2D eigenvalue weighted by atomic mass is 10.2. The number of aryl methyl sites for hydroxylation is 2. The molecule has 0 unspecified atom stereocenters. The maximum absolute atomic E-state index is 13.8. The number of methoxy groups -OCH3 is 2. The number of carbonyl (C=O) groups excluding carboxylic acids is 1. The van der Waals surface area contributed by atoms with Crippen molar-refractivity contribution >= 4 is 50.5 Å². The number of hydrogen-bond donors (Lipinski definition) is 1. The standard InChI is InChI=1S/C24H24Cl2N2O5S/c1-15-5-9-22(33-4)23(11-15)34(30,31)28(18-8-10-21(32-3)19(26)13-18)14-24(29)27-20-12-17(25)7-6-16(20)2/h5-13H,14H2,1-4H3,(H,27,29). The molecule has 3 rings (SSSR count). The van der Waals surface area contributed by atoms with Gasteiger partial charge in [0.25, 0.3) is 10.0 Å². The lowest BCUT2D eigenvalue weighted by Crippen LogP contribution is -2.38. The summed E-state index contributed by atoms with van der Waals surface area (Å²) < 4.78 is 39.1. The molecule has 0 radical (unpaired) electrons. The molecule has 3 aromatic carbocycles. The maximum atomic E-state index is 13.8. The van der Waals surface area contributed by atoms with Crippen LogP contribution in [0.2, 0.25) is 10.0 Å². The number of sulfonamides is 1. The van der Waals surface area contributed by atoms with Crippen LogP contribution in [0.3, 0.4) is 0 Å². The average molecular weight is 523 g/mol. The molecule has 1 N–H and O–H groups in total. The van der Waals surface area contributed by atoms with E-state index in [2.05, 4.69) is 5.32 Å². The van der Waals surface area contributed by atoms with E-state index in [0.717, 1.165) is 9.87 Å². The third-order valence-electron chi connectivity index (χ3n) is 5.07. The molecule has 0 aliphatic rings. The summed E-state index contributed by atoms with van der Waals surface area (Å²) in [6.07, 6.45) is 0. The Balaban J connectivity index is 2.07. The number of ether oxygens (including phenoxy) is 2. The second-order valence-corrected chi connectivity index (χ2v) is 10.2. The predicted molar refractivity (Wildman–Crippen MR) is 135 cm³/mol. The molecule has 34 heavy (non-hydrogen) atoms. The molecule has 0 aromatic heterocycles. The van der Waals surface area contributed by atoms with Crippen LogP contribution in [-0.4, -0.2) is 35.1 Å². The first-order valence-corrected chi connectivity index (χ1v) is 12.3. The summed E-state index contributed by atoms with van der Waals surface area (Å²) in [6.45, 7) is 3.05. The van der Waals surface area contributed by atoms with Crippen molar-refractivity contribution in [3.05, 3.63) is 75.8 Å². The predicted octanol–water partition coefficient (Wildman–Crippen LogP) is 5.46. The van der Waals surface area contributed by atoms with Gasteiger partial charge in [0.15, 0.2) is 0 Å². The van der Waals surface area contributed by atoms with Gasteiger partial charge in [-0.15, -0.1) is 0 Å². The Hall–Kier alpha value is -2.94. The Bertz CT molecular complexity index is 1330. The van der Waals surface area contributed by atoms with Gasteiger partial charge in [0.05, 0.1) is 24.9 Å². The van der Waals surface area contributed by atoms with Crippen LogP contribution in [0.15, 0.2) is 59.5 Å². The quantitative estimate of drug-likeness (QED) is 0.424. The minimum absolute atomic E-state index is 0.0753. The van der Waals surface area contributed by atoms with E-state index in [1.807, 2.05) is 0 Å². The summed E-state index contributed by atoms with van der Waals surface area (Å²) in [7, 11) is -1.41. The van der Waals surface area contributed by atoms with E-state index < -0.39 is 22.5 Å². The largest absolute Gasteiger partial charge is 0.495 e. The van der Waals surface area contributed by atoms with Crippen LogP contribution in [0.4, 0.5) is 11.4 Å². The topological polar surface area (TPSA) is 84.9 Å². The van der Waals surface area contributed by atoms with Gasteiger partial charge >= 0.3 is 0 Å². The zero-order chi connectivity index (χ0) is 25.0.